The summed E-state index contributed by atoms with van der Waals surface area (Å²) >= 11 is 5.88. The zero-order valence-corrected chi connectivity index (χ0v) is 19.4. The van der Waals surface area contributed by atoms with Crippen LogP contribution in [0.15, 0.2) is 42.5 Å². The Balaban J connectivity index is 1.42. The van der Waals surface area contributed by atoms with Crippen molar-refractivity contribution < 1.29 is 14.3 Å². The topological polar surface area (TPSA) is 42.0 Å². The number of ether oxygens (including phenoxy) is 2. The maximum absolute atomic E-state index is 12.6. The molecule has 1 aliphatic rings. The maximum Gasteiger partial charge on any atom is 0.419 e. The molecule has 6 heteroatoms. The molecule has 3 rings (SSSR count). The molecule has 0 spiro atoms. The van der Waals surface area contributed by atoms with Gasteiger partial charge in [-0.3, -0.25) is 4.90 Å². The number of carbonyl (C=O) groups excluding carboxylic acids is 1. The predicted molar refractivity (Wildman–Crippen MR) is 127 cm³/mol. The minimum atomic E-state index is -0.377. The summed E-state index contributed by atoms with van der Waals surface area (Å²) in [6, 6.07) is 12.7. The van der Waals surface area contributed by atoms with Crippen LogP contribution in [0.1, 0.15) is 44.6 Å². The Bertz CT molecular complexity index is 841. The summed E-state index contributed by atoms with van der Waals surface area (Å²) in [5.41, 5.74) is 2.00. The van der Waals surface area contributed by atoms with Crippen molar-refractivity contribution in [1.82, 2.24) is 4.90 Å². The van der Waals surface area contributed by atoms with E-state index in [1.807, 2.05) is 18.2 Å². The van der Waals surface area contributed by atoms with Gasteiger partial charge >= 0.3 is 6.09 Å². The van der Waals surface area contributed by atoms with Crippen molar-refractivity contribution in [3.63, 3.8) is 0 Å². The van der Waals surface area contributed by atoms with Crippen LogP contribution in [0, 0.1) is 0 Å². The highest BCUT2D eigenvalue weighted by Crippen LogP contribution is 2.32. The molecule has 168 valence electrons. The number of nitrogens with zero attached hydrogens (tertiary/aromatic N) is 2. The van der Waals surface area contributed by atoms with Gasteiger partial charge in [-0.2, -0.15) is 0 Å². The van der Waals surface area contributed by atoms with Crippen LogP contribution in [0.5, 0.6) is 11.5 Å². The number of hydrogen-bond acceptors (Lipinski definition) is 4. The summed E-state index contributed by atoms with van der Waals surface area (Å²) in [7, 11) is 2.20. The summed E-state index contributed by atoms with van der Waals surface area (Å²) in [5.74, 6) is 1.35. The number of unbranched alkanes of at least 4 members (excludes halogenated alkanes) is 3. The van der Waals surface area contributed by atoms with Crippen LogP contribution in [0.2, 0.25) is 5.02 Å². The number of rotatable bonds is 11. The minimum absolute atomic E-state index is 0.377. The summed E-state index contributed by atoms with van der Waals surface area (Å²) in [5, 5.41) is 0.609. The zero-order chi connectivity index (χ0) is 22.1. The smallest absolute Gasteiger partial charge is 0.419 e. The largest absolute Gasteiger partial charge is 0.494 e. The van der Waals surface area contributed by atoms with Crippen LogP contribution in [0.4, 0.5) is 10.5 Å². The van der Waals surface area contributed by atoms with Gasteiger partial charge in [-0.1, -0.05) is 31.4 Å². The first-order chi connectivity index (χ1) is 15.1. The van der Waals surface area contributed by atoms with Gasteiger partial charge in [0.05, 0.1) is 12.3 Å². The second-order valence-corrected chi connectivity index (χ2v) is 8.52. The molecule has 0 radical (unpaired) electrons. The van der Waals surface area contributed by atoms with E-state index in [1.165, 1.54) is 25.8 Å². The summed E-state index contributed by atoms with van der Waals surface area (Å²) in [4.78, 5) is 16.6. The summed E-state index contributed by atoms with van der Waals surface area (Å²) in [6.07, 6.45) is 6.45. The van der Waals surface area contributed by atoms with Gasteiger partial charge in [-0.15, -0.1) is 0 Å². The molecule has 0 aromatic heterocycles. The van der Waals surface area contributed by atoms with Crippen molar-refractivity contribution in [2.45, 2.75) is 45.4 Å². The van der Waals surface area contributed by atoms with Crippen molar-refractivity contribution in [3.05, 3.63) is 53.1 Å². The van der Waals surface area contributed by atoms with Gasteiger partial charge in [-0.25, -0.2) is 4.79 Å². The van der Waals surface area contributed by atoms with E-state index in [4.69, 9.17) is 21.1 Å². The number of amides is 1. The van der Waals surface area contributed by atoms with Crippen molar-refractivity contribution in [2.75, 3.05) is 38.2 Å². The molecule has 0 unspecified atom stereocenters. The number of halogens is 1. The molecule has 2 aromatic rings. The fourth-order valence-corrected chi connectivity index (χ4v) is 3.86. The van der Waals surface area contributed by atoms with E-state index in [0.29, 0.717) is 23.9 Å². The fraction of sp³-hybridized carbons (Fsp3) is 0.480. The highest BCUT2D eigenvalue weighted by Gasteiger charge is 2.26. The third-order valence-corrected chi connectivity index (χ3v) is 5.78. The number of carbonyl (C=O) groups is 1. The molecule has 5 nitrogen and oxygen atoms in total. The average Bonchev–Trinajstić information content (AvgIpc) is 3.19. The number of fused-ring (bicyclic) bond motifs is 1. The van der Waals surface area contributed by atoms with Crippen molar-refractivity contribution >= 4 is 23.4 Å². The first-order valence-electron chi connectivity index (χ1n) is 11.3. The standard InChI is InChI=1S/C25H33ClN2O3/c1-3-4-5-15-27(2)16-6-7-18-30-23-12-13-24-20(19-23)14-17-28(24)25(29)31-22-10-8-21(26)9-11-22/h8-13,19H,3-7,14-18H2,1-2H3. The quantitative estimate of drug-likeness (QED) is 0.388. The summed E-state index contributed by atoms with van der Waals surface area (Å²) in [6.45, 7) is 5.85. The molecule has 0 fully saturated rings. The van der Waals surface area contributed by atoms with E-state index >= 15 is 0 Å². The molecule has 0 aliphatic carbocycles. The Labute approximate surface area is 190 Å². The molecule has 1 heterocycles. The molecule has 1 aliphatic heterocycles. The van der Waals surface area contributed by atoms with Crippen LogP contribution in [-0.4, -0.2) is 44.3 Å². The Morgan fingerprint density at radius 3 is 2.48 bits per heavy atom. The van der Waals surface area contributed by atoms with E-state index in [9.17, 15) is 4.79 Å². The van der Waals surface area contributed by atoms with Crippen LogP contribution in [-0.2, 0) is 6.42 Å². The molecule has 0 N–H and O–H groups in total. The second-order valence-electron chi connectivity index (χ2n) is 8.08. The number of anilines is 1. The minimum Gasteiger partial charge on any atom is -0.494 e. The van der Waals surface area contributed by atoms with Crippen LogP contribution in [0.25, 0.3) is 0 Å². The van der Waals surface area contributed by atoms with E-state index in [-0.39, 0.29) is 6.09 Å². The van der Waals surface area contributed by atoms with Gasteiger partial charge in [0.15, 0.2) is 0 Å². The Morgan fingerprint density at radius 1 is 1.03 bits per heavy atom. The molecule has 0 saturated heterocycles. The molecular weight excluding hydrogens is 412 g/mol. The monoisotopic (exact) mass is 444 g/mol. The fourth-order valence-electron chi connectivity index (χ4n) is 3.73. The first kappa shape index (κ1) is 23.4. The number of hydrogen-bond donors (Lipinski definition) is 0. The highest BCUT2D eigenvalue weighted by atomic mass is 35.5. The lowest BCUT2D eigenvalue weighted by molar-refractivity contribution is 0.208. The molecule has 0 bridgehead atoms. The van der Waals surface area contributed by atoms with Crippen LogP contribution in [0.3, 0.4) is 0 Å². The van der Waals surface area contributed by atoms with E-state index in [1.54, 1.807) is 29.2 Å². The molecule has 1 amide bonds. The van der Waals surface area contributed by atoms with E-state index in [0.717, 1.165) is 42.8 Å². The molecule has 0 atom stereocenters. The van der Waals surface area contributed by atoms with Crippen LogP contribution >= 0.6 is 11.6 Å². The van der Waals surface area contributed by atoms with Gasteiger partial charge in [0.2, 0.25) is 0 Å². The lowest BCUT2D eigenvalue weighted by Gasteiger charge is -2.17. The highest BCUT2D eigenvalue weighted by molar-refractivity contribution is 6.30. The zero-order valence-electron chi connectivity index (χ0n) is 18.6. The third kappa shape index (κ3) is 7.15. The molecule has 0 saturated carbocycles. The predicted octanol–water partition coefficient (Wildman–Crippen LogP) is 6.18. The Morgan fingerprint density at radius 2 is 1.74 bits per heavy atom. The van der Waals surface area contributed by atoms with Crippen molar-refractivity contribution in [1.29, 1.82) is 0 Å². The van der Waals surface area contributed by atoms with Gasteiger partial charge < -0.3 is 14.4 Å². The summed E-state index contributed by atoms with van der Waals surface area (Å²) < 4.78 is 11.4. The van der Waals surface area contributed by atoms with Gasteiger partial charge in [0.25, 0.3) is 0 Å². The number of benzene rings is 2. The average molecular weight is 445 g/mol. The van der Waals surface area contributed by atoms with Crippen LogP contribution < -0.4 is 14.4 Å². The van der Waals surface area contributed by atoms with Gasteiger partial charge in [0, 0.05) is 11.6 Å². The first-order valence-corrected chi connectivity index (χ1v) is 11.6. The van der Waals surface area contributed by atoms with Crippen molar-refractivity contribution in [3.8, 4) is 11.5 Å². The van der Waals surface area contributed by atoms with Crippen molar-refractivity contribution in [2.24, 2.45) is 0 Å². The van der Waals surface area contributed by atoms with E-state index < -0.39 is 0 Å². The van der Waals surface area contributed by atoms with E-state index in [2.05, 4.69) is 18.9 Å². The SMILES string of the molecule is CCCCCN(C)CCCCOc1ccc2c(c1)CCN2C(=O)Oc1ccc(Cl)cc1. The van der Waals surface area contributed by atoms with Gasteiger partial charge in [-0.05, 0) is 93.8 Å². The normalized spacial score (nSPS) is 12.8. The molecule has 31 heavy (non-hydrogen) atoms. The lowest BCUT2D eigenvalue weighted by atomic mass is 10.1. The van der Waals surface area contributed by atoms with Gasteiger partial charge in [0.1, 0.15) is 11.5 Å². The second kappa shape index (κ2) is 12.0. The maximum atomic E-state index is 12.6. The lowest BCUT2D eigenvalue weighted by Crippen LogP contribution is -2.31. The molecular formula is C25H33ClN2O3. The Kier molecular flexibility index (Phi) is 9.04. The Hall–Kier alpha value is -2.24. The molecule has 2 aromatic carbocycles. The third-order valence-electron chi connectivity index (χ3n) is 5.53.